The van der Waals surface area contributed by atoms with Crippen LogP contribution in [-0.4, -0.2) is 111 Å². The fourth-order valence-corrected chi connectivity index (χ4v) is 16.0. The van der Waals surface area contributed by atoms with E-state index in [1.54, 1.807) is 0 Å². The Kier molecular flexibility index (Phi) is 32.4. The Bertz CT molecular complexity index is 2980. The monoisotopic (exact) mass is 1620 g/mol. The maximum Gasteiger partial charge on any atom is 0.104 e. The van der Waals surface area contributed by atoms with Crippen LogP contribution in [0.25, 0.3) is 0 Å². The van der Waals surface area contributed by atoms with Crippen LogP contribution in [0.2, 0.25) is 0 Å². The molecule has 0 aliphatic heterocycles. The van der Waals surface area contributed by atoms with Crippen molar-refractivity contribution >= 4 is 23.8 Å². The molecule has 0 bridgehead atoms. The molecular formula is C78H99Br6N6P. The number of nitrogens with zero attached hydrogens (tertiary/aromatic N) is 6. The fraction of sp³-hybridized carbons (Fsp3) is 0.308. The highest BCUT2D eigenvalue weighted by molar-refractivity contribution is 7.79. The molecule has 0 N–H and O–H groups in total. The second kappa shape index (κ2) is 36.2. The number of benzene rings is 9. The molecule has 0 fully saturated rings. The van der Waals surface area contributed by atoms with Gasteiger partial charge in [0.1, 0.15) is 78.5 Å². The van der Waals surface area contributed by atoms with E-state index in [2.05, 4.69) is 321 Å². The van der Waals surface area contributed by atoms with Gasteiger partial charge in [0.05, 0.1) is 84.6 Å². The van der Waals surface area contributed by atoms with Gasteiger partial charge in [-0.15, -0.1) is 0 Å². The Labute approximate surface area is 613 Å². The first-order valence-electron chi connectivity index (χ1n) is 30.7. The van der Waals surface area contributed by atoms with Crippen LogP contribution in [0.4, 0.5) is 0 Å². The van der Waals surface area contributed by atoms with Crippen molar-refractivity contribution in [1.29, 1.82) is 0 Å². The molecule has 0 radical (unpaired) electrons. The Balaban J connectivity index is 0.00000360. The summed E-state index contributed by atoms with van der Waals surface area (Å²) in [7, 11) is 27.9. The molecular weight excluding hydrogens is 1530 g/mol. The Hall–Kier alpha value is -3.95. The molecule has 9 aromatic rings. The molecule has 0 spiro atoms. The van der Waals surface area contributed by atoms with Crippen molar-refractivity contribution < 1.29 is 129 Å². The van der Waals surface area contributed by atoms with Gasteiger partial charge in [0, 0.05) is 66.8 Å². The van der Waals surface area contributed by atoms with E-state index in [1.807, 2.05) is 0 Å². The standard InChI is InChI=1S/C78H99N6P.6BrH/c1-79(2,52-64-31-19-13-20-32-64)58-70-43-71(59-80(3,4)53-65-33-21-14-22-34-65)47-76(46-70)85(77-48-72(60-81(5,6)54-66-35-23-15-24-36-66)44-73(49-77)61-82(7,8)55-67-37-25-16-26-38-67)78-50-74(62-83(9,10)56-68-39-27-17-28-40-68)45-75(51-78)63-84(11,12)57-69-41-29-18-30-42-69;;;;;;/h13-51H,52-63H2,1-12H3;6*1H/q+6;;;;;;/p-6. The van der Waals surface area contributed by atoms with Crippen LogP contribution in [0.3, 0.4) is 0 Å². The summed E-state index contributed by atoms with van der Waals surface area (Å²) in [5, 5.41) is 4.29. The van der Waals surface area contributed by atoms with E-state index in [-0.39, 0.29) is 102 Å². The molecule has 0 aromatic heterocycles. The van der Waals surface area contributed by atoms with Crippen LogP contribution in [0.1, 0.15) is 66.8 Å². The summed E-state index contributed by atoms with van der Waals surface area (Å²) >= 11 is 0. The molecule has 0 saturated heterocycles. The summed E-state index contributed by atoms with van der Waals surface area (Å²) in [5.74, 6) is 0. The third-order valence-corrected chi connectivity index (χ3v) is 18.6. The van der Waals surface area contributed by atoms with Gasteiger partial charge < -0.3 is 129 Å². The zero-order chi connectivity index (χ0) is 60.3. The van der Waals surface area contributed by atoms with Crippen LogP contribution < -0.4 is 118 Å². The molecule has 0 aliphatic rings. The third-order valence-electron chi connectivity index (χ3n) is 16.3. The highest BCUT2D eigenvalue weighted by Crippen LogP contribution is 2.38. The van der Waals surface area contributed by atoms with Gasteiger partial charge in [-0.2, -0.15) is 0 Å². The second-order valence-corrected chi connectivity index (χ2v) is 31.0. The Morgan fingerprint density at radius 2 is 0.297 bits per heavy atom. The summed E-state index contributed by atoms with van der Waals surface area (Å²) in [6, 6.07) is 90.1. The predicted octanol–water partition coefficient (Wildman–Crippen LogP) is -3.87. The SMILES string of the molecule is C[N+](C)(Cc1ccccc1)Cc1cc(C[N+](C)(C)Cc2ccccc2)cc(P(c2cc(C[N+](C)(C)Cc3ccccc3)cc(C[N+](C)(C)Cc3ccccc3)c2)c2cc(C[N+](C)(C)Cc3ccccc3)cc(C[N+](C)(C)Cc3ccccc3)c2)c1.[Br-].[Br-].[Br-].[Br-].[Br-].[Br-]. The lowest BCUT2D eigenvalue weighted by atomic mass is 10.1. The predicted molar refractivity (Wildman–Crippen MR) is 361 cm³/mol. The van der Waals surface area contributed by atoms with Crippen LogP contribution in [0, 0.1) is 0 Å². The van der Waals surface area contributed by atoms with Crippen molar-refractivity contribution in [1.82, 2.24) is 0 Å². The minimum absolute atomic E-state index is 0. The van der Waals surface area contributed by atoms with Crippen LogP contribution in [0.15, 0.2) is 237 Å². The van der Waals surface area contributed by atoms with Crippen molar-refractivity contribution in [2.75, 3.05) is 84.6 Å². The molecule has 0 unspecified atom stereocenters. The highest BCUT2D eigenvalue weighted by Gasteiger charge is 2.30. The molecule has 488 valence electrons. The molecule has 9 rings (SSSR count). The molecule has 0 heterocycles. The molecule has 9 aromatic carbocycles. The maximum absolute atomic E-state index is 2.64. The molecule has 0 aliphatic carbocycles. The molecule has 0 atom stereocenters. The van der Waals surface area contributed by atoms with Gasteiger partial charge in [-0.05, 0) is 78.4 Å². The van der Waals surface area contributed by atoms with Gasteiger partial charge in [-0.1, -0.05) is 182 Å². The topological polar surface area (TPSA) is 0 Å². The molecule has 0 amide bonds. The quantitative estimate of drug-likeness (QED) is 0.0366. The number of rotatable bonds is 27. The molecule has 13 heteroatoms. The van der Waals surface area contributed by atoms with Gasteiger partial charge in [-0.3, -0.25) is 0 Å². The molecule has 0 saturated carbocycles. The smallest absolute Gasteiger partial charge is 0.104 e. The van der Waals surface area contributed by atoms with E-state index in [0.717, 1.165) is 105 Å². The number of halogens is 6. The Morgan fingerprint density at radius 3 is 0.429 bits per heavy atom. The van der Waals surface area contributed by atoms with Crippen molar-refractivity contribution in [3.63, 3.8) is 0 Å². The zero-order valence-corrected chi connectivity index (χ0v) is 66.3. The largest absolute Gasteiger partial charge is 1.00 e. The van der Waals surface area contributed by atoms with E-state index in [0.29, 0.717) is 0 Å². The van der Waals surface area contributed by atoms with E-state index < -0.39 is 7.92 Å². The third kappa shape index (κ3) is 26.3. The second-order valence-electron chi connectivity index (χ2n) is 28.8. The van der Waals surface area contributed by atoms with Crippen molar-refractivity contribution in [3.8, 4) is 0 Å². The summed E-state index contributed by atoms with van der Waals surface area (Å²) < 4.78 is 5.07. The minimum atomic E-state index is -1.12. The first-order valence-corrected chi connectivity index (χ1v) is 32.1. The fourth-order valence-electron chi connectivity index (χ4n) is 13.4. The van der Waals surface area contributed by atoms with Crippen molar-refractivity contribution in [3.05, 3.63) is 303 Å². The number of quaternary nitrogens is 6. The van der Waals surface area contributed by atoms with Crippen LogP contribution in [0.5, 0.6) is 0 Å². The first-order chi connectivity index (χ1) is 40.4. The average Bonchev–Trinajstić information content (AvgIpc) is 0.853. The van der Waals surface area contributed by atoms with Crippen molar-refractivity contribution in [2.24, 2.45) is 0 Å². The number of hydrogen-bond donors (Lipinski definition) is 0. The summed E-state index contributed by atoms with van der Waals surface area (Å²) in [6.45, 7) is 11.2. The lowest BCUT2D eigenvalue weighted by Crippen LogP contribution is -3.00. The van der Waals surface area contributed by atoms with Gasteiger partial charge in [0.2, 0.25) is 0 Å². The summed E-state index contributed by atoms with van der Waals surface area (Å²) in [4.78, 5) is 0. The summed E-state index contributed by atoms with van der Waals surface area (Å²) in [6.07, 6.45) is 0. The lowest BCUT2D eigenvalue weighted by molar-refractivity contribution is -0.917. The van der Waals surface area contributed by atoms with Gasteiger partial charge >= 0.3 is 0 Å². The minimum Gasteiger partial charge on any atom is -1.00 e. The van der Waals surface area contributed by atoms with Gasteiger partial charge in [0.25, 0.3) is 0 Å². The molecule has 91 heavy (non-hydrogen) atoms. The van der Waals surface area contributed by atoms with E-state index >= 15 is 0 Å². The van der Waals surface area contributed by atoms with Gasteiger partial charge in [0.15, 0.2) is 0 Å². The molecule has 6 nitrogen and oxygen atoms in total. The van der Waals surface area contributed by atoms with Crippen LogP contribution in [-0.2, 0) is 78.5 Å². The normalized spacial score (nSPS) is 11.8. The van der Waals surface area contributed by atoms with E-state index in [4.69, 9.17) is 0 Å². The number of hydrogen-bond acceptors (Lipinski definition) is 0. The first kappa shape index (κ1) is 81.3. The highest BCUT2D eigenvalue weighted by atomic mass is 79.9. The van der Waals surface area contributed by atoms with Crippen LogP contribution >= 0.6 is 7.92 Å². The van der Waals surface area contributed by atoms with Crippen molar-refractivity contribution in [2.45, 2.75) is 78.5 Å². The maximum atomic E-state index is 2.64. The van der Waals surface area contributed by atoms with Gasteiger partial charge in [-0.25, -0.2) is 0 Å². The van der Waals surface area contributed by atoms with E-state index in [1.165, 1.54) is 82.7 Å². The lowest BCUT2D eigenvalue weighted by Gasteiger charge is -2.34. The average molecular weight is 1630 g/mol. The summed E-state index contributed by atoms with van der Waals surface area (Å²) in [5.41, 5.74) is 16.6. The van der Waals surface area contributed by atoms with E-state index in [9.17, 15) is 0 Å². The zero-order valence-electron chi connectivity index (χ0n) is 55.9. The Morgan fingerprint density at radius 1 is 0.176 bits per heavy atom.